The number of hydrogen-bond acceptors (Lipinski definition) is 14. The molecule has 0 spiro atoms. The molecule has 2 fully saturated rings. The highest BCUT2D eigenvalue weighted by Crippen LogP contribution is 2.32. The van der Waals surface area contributed by atoms with Gasteiger partial charge in [-0.15, -0.1) is 0 Å². The van der Waals surface area contributed by atoms with E-state index in [0.717, 1.165) is 0 Å². The number of aliphatic hydroxyl groups is 4. The van der Waals surface area contributed by atoms with Crippen molar-refractivity contribution < 1.29 is 68.0 Å². The molecule has 0 unspecified atom stereocenters. The second-order valence-electron chi connectivity index (χ2n) is 11.4. The zero-order valence-electron chi connectivity index (χ0n) is 26.5. The van der Waals surface area contributed by atoms with Crippen LogP contribution in [0.1, 0.15) is 31.1 Å². The molecule has 0 aromatic heterocycles. The molecule has 3 aromatic rings. The third-order valence-electron chi connectivity index (χ3n) is 7.96. The summed E-state index contributed by atoms with van der Waals surface area (Å²) < 4.78 is 40.1. The number of rotatable bonds is 13. The minimum absolute atomic E-state index is 0.0662. The summed E-state index contributed by atoms with van der Waals surface area (Å²) in [6, 6.07) is 24.1. The van der Waals surface area contributed by atoms with Gasteiger partial charge in [-0.3, -0.25) is 0 Å². The highest BCUT2D eigenvalue weighted by molar-refractivity contribution is 9.09. The fraction of sp³-hybridized carbons (Fsp3) is 0.400. The van der Waals surface area contributed by atoms with E-state index in [4.69, 9.17) is 33.2 Å². The molecule has 2 aliphatic rings. The fourth-order valence-electron chi connectivity index (χ4n) is 5.34. The second-order valence-corrected chi connectivity index (χ2v) is 12.2. The maximum Gasteiger partial charge on any atom is 0.338 e. The number of aliphatic hydroxyl groups excluding tert-OH is 4. The third-order valence-corrected chi connectivity index (χ3v) is 8.29. The van der Waals surface area contributed by atoms with Gasteiger partial charge < -0.3 is 53.6 Å². The first-order chi connectivity index (χ1) is 24.2. The van der Waals surface area contributed by atoms with Crippen LogP contribution in [-0.4, -0.2) is 125 Å². The van der Waals surface area contributed by atoms with Crippen molar-refractivity contribution in [1.29, 1.82) is 0 Å². The van der Waals surface area contributed by atoms with Gasteiger partial charge in [-0.05, 0) is 36.4 Å². The van der Waals surface area contributed by atoms with Crippen LogP contribution in [-0.2, 0) is 33.2 Å². The molecule has 50 heavy (non-hydrogen) atoms. The van der Waals surface area contributed by atoms with E-state index in [0.29, 0.717) is 5.33 Å². The first-order valence-electron chi connectivity index (χ1n) is 15.7. The van der Waals surface area contributed by atoms with Gasteiger partial charge >= 0.3 is 17.9 Å². The van der Waals surface area contributed by atoms with E-state index in [1.165, 1.54) is 36.4 Å². The van der Waals surface area contributed by atoms with Crippen molar-refractivity contribution >= 4 is 33.8 Å². The van der Waals surface area contributed by atoms with Crippen LogP contribution in [0.3, 0.4) is 0 Å². The lowest BCUT2D eigenvalue weighted by Gasteiger charge is -2.46. The summed E-state index contributed by atoms with van der Waals surface area (Å²) in [5.74, 6) is -2.26. The van der Waals surface area contributed by atoms with Crippen LogP contribution in [0.15, 0.2) is 91.0 Å². The third kappa shape index (κ3) is 9.31. The topological polar surface area (TPSA) is 197 Å². The molecule has 10 atom stereocenters. The van der Waals surface area contributed by atoms with Gasteiger partial charge in [-0.2, -0.15) is 0 Å². The molecule has 15 heteroatoms. The molecule has 2 saturated heterocycles. The van der Waals surface area contributed by atoms with Crippen molar-refractivity contribution in [2.45, 2.75) is 61.4 Å². The monoisotopic (exact) mass is 760 g/mol. The molecule has 2 heterocycles. The summed E-state index contributed by atoms with van der Waals surface area (Å²) in [5.41, 5.74) is 0.639. The number of halogens is 1. The molecule has 4 N–H and O–H groups in total. The molecule has 0 saturated carbocycles. The Labute approximate surface area is 295 Å². The number of alkyl halides is 1. The maximum atomic E-state index is 13.1. The van der Waals surface area contributed by atoms with Crippen molar-refractivity contribution in [3.63, 3.8) is 0 Å². The fourth-order valence-corrected chi connectivity index (χ4v) is 5.52. The van der Waals surface area contributed by atoms with Crippen LogP contribution in [0.5, 0.6) is 0 Å². The molecule has 0 aliphatic carbocycles. The van der Waals surface area contributed by atoms with E-state index in [2.05, 4.69) is 15.9 Å². The Balaban J connectivity index is 1.37. The van der Waals surface area contributed by atoms with Gasteiger partial charge in [0.15, 0.2) is 18.7 Å². The smallest absolute Gasteiger partial charge is 0.338 e. The molecule has 0 radical (unpaired) electrons. The largest absolute Gasteiger partial charge is 0.459 e. The number of benzene rings is 3. The van der Waals surface area contributed by atoms with Gasteiger partial charge in [0.05, 0.1) is 23.3 Å². The van der Waals surface area contributed by atoms with Crippen LogP contribution in [0.25, 0.3) is 0 Å². The van der Waals surface area contributed by atoms with Gasteiger partial charge in [0.1, 0.15) is 55.9 Å². The Hall–Kier alpha value is -3.77. The van der Waals surface area contributed by atoms with Crippen LogP contribution in [0.2, 0.25) is 0 Å². The van der Waals surface area contributed by atoms with Crippen molar-refractivity contribution in [3.05, 3.63) is 108 Å². The van der Waals surface area contributed by atoms with Crippen LogP contribution in [0.4, 0.5) is 0 Å². The number of carbonyl (C=O) groups is 3. The van der Waals surface area contributed by atoms with Crippen molar-refractivity contribution in [1.82, 2.24) is 0 Å². The molecule has 0 amide bonds. The predicted molar refractivity (Wildman–Crippen MR) is 175 cm³/mol. The summed E-state index contributed by atoms with van der Waals surface area (Å²) in [7, 11) is 0. The van der Waals surface area contributed by atoms with E-state index in [9.17, 15) is 34.8 Å². The van der Waals surface area contributed by atoms with Gasteiger partial charge in [0.25, 0.3) is 0 Å². The first kappa shape index (κ1) is 37.5. The molecule has 2 aliphatic heterocycles. The molecule has 0 bridgehead atoms. The Morgan fingerprint density at radius 2 is 1.06 bits per heavy atom. The Bertz CT molecular complexity index is 1530. The van der Waals surface area contributed by atoms with E-state index in [1.54, 1.807) is 54.6 Å². The molecule has 268 valence electrons. The predicted octanol–water partition coefficient (Wildman–Crippen LogP) is 1.62. The van der Waals surface area contributed by atoms with Gasteiger partial charge in [0, 0.05) is 5.33 Å². The van der Waals surface area contributed by atoms with Crippen molar-refractivity contribution in [2.24, 2.45) is 0 Å². The number of hydrogen-bond donors (Lipinski definition) is 4. The quantitative estimate of drug-likeness (QED) is 0.111. The van der Waals surface area contributed by atoms with Gasteiger partial charge in [0.2, 0.25) is 0 Å². The molecule has 5 rings (SSSR count). The minimum Gasteiger partial charge on any atom is -0.459 e. The van der Waals surface area contributed by atoms with E-state index in [1.807, 2.05) is 0 Å². The van der Waals surface area contributed by atoms with E-state index >= 15 is 0 Å². The normalized spacial score (nSPS) is 29.5. The Morgan fingerprint density at radius 3 is 1.58 bits per heavy atom. The standard InChI is InChI=1S/C35H37BrO14/c36-16-17-44-35-30(49-33(43)22-14-8-3-9-15-22)28(40)29(24(48-35)19-46-32(42)21-12-6-2-7-13-21)50-34-27(39)26(38)25(37)23(47-34)18-45-31(41)20-10-4-1-5-11-20/h1-15,23-30,34-35,37-40H,16-19H2/t23-,24-,25+,26+,27-,28+,29-,30-,34+,35-/m1/s1. The van der Waals surface area contributed by atoms with Crippen molar-refractivity contribution in [2.75, 3.05) is 25.2 Å². The Morgan fingerprint density at radius 1 is 0.580 bits per heavy atom. The summed E-state index contributed by atoms with van der Waals surface area (Å²) in [5, 5.41) is 44.3. The summed E-state index contributed by atoms with van der Waals surface area (Å²) >= 11 is 3.26. The lowest BCUT2D eigenvalue weighted by molar-refractivity contribution is -0.358. The van der Waals surface area contributed by atoms with Crippen LogP contribution >= 0.6 is 15.9 Å². The number of esters is 3. The SMILES string of the molecule is O=C(OC[C@H]1O[C@@H](O[C@H]2[C@H](O)[C@@H](OC(=O)c3ccccc3)[C@H](OCCBr)O[C@@H]2COC(=O)c2ccccc2)[C@H](O)[C@@H](O)[C@H]1O)c1ccccc1. The maximum absolute atomic E-state index is 13.1. The van der Waals surface area contributed by atoms with Crippen LogP contribution < -0.4 is 0 Å². The molecule has 3 aromatic carbocycles. The average molecular weight is 762 g/mol. The van der Waals surface area contributed by atoms with Crippen molar-refractivity contribution in [3.8, 4) is 0 Å². The lowest BCUT2D eigenvalue weighted by atomic mass is 9.96. The molecular weight excluding hydrogens is 724 g/mol. The number of carbonyl (C=O) groups excluding carboxylic acids is 3. The average Bonchev–Trinajstić information content (AvgIpc) is 3.15. The zero-order valence-corrected chi connectivity index (χ0v) is 28.1. The molecule has 14 nitrogen and oxygen atoms in total. The van der Waals surface area contributed by atoms with E-state index in [-0.39, 0.29) is 23.3 Å². The minimum atomic E-state index is -1.88. The Kier molecular flexibility index (Phi) is 13.4. The summed E-state index contributed by atoms with van der Waals surface area (Å²) in [4.78, 5) is 38.5. The van der Waals surface area contributed by atoms with Gasteiger partial charge in [-0.25, -0.2) is 14.4 Å². The lowest BCUT2D eigenvalue weighted by Crippen LogP contribution is -2.65. The van der Waals surface area contributed by atoms with E-state index < -0.39 is 92.5 Å². The summed E-state index contributed by atoms with van der Waals surface area (Å²) in [6.07, 6.45) is -16.0. The number of ether oxygens (including phenoxy) is 7. The summed E-state index contributed by atoms with van der Waals surface area (Å²) in [6.45, 7) is -0.980. The second kappa shape index (κ2) is 17.9. The first-order valence-corrected chi connectivity index (χ1v) is 16.9. The highest BCUT2D eigenvalue weighted by Gasteiger charge is 2.53. The van der Waals surface area contributed by atoms with Gasteiger partial charge in [-0.1, -0.05) is 70.5 Å². The highest BCUT2D eigenvalue weighted by atomic mass is 79.9. The molecular formula is C35H37BrO14. The van der Waals surface area contributed by atoms with Crippen LogP contribution in [0, 0.1) is 0 Å². The zero-order chi connectivity index (χ0) is 35.6.